The Balaban J connectivity index is 2.43. The Hall–Kier alpha value is -1.95. The first kappa shape index (κ1) is 15.4. The first-order valence-electron chi connectivity index (χ1n) is 6.89. The van der Waals surface area contributed by atoms with E-state index in [2.05, 4.69) is 27.8 Å². The maximum atomic E-state index is 11.3. The van der Waals surface area contributed by atoms with Crippen molar-refractivity contribution in [3.63, 3.8) is 0 Å². The van der Waals surface area contributed by atoms with Crippen molar-refractivity contribution in [2.45, 2.75) is 41.0 Å². The lowest BCUT2D eigenvalue weighted by Crippen LogP contribution is -2.08. The van der Waals surface area contributed by atoms with Gasteiger partial charge in [-0.15, -0.1) is 0 Å². The van der Waals surface area contributed by atoms with Crippen LogP contribution in [0.25, 0.3) is 10.2 Å². The monoisotopic (exact) mass is 304 g/mol. The van der Waals surface area contributed by atoms with Gasteiger partial charge in [0.25, 0.3) is 0 Å². The molecule has 112 valence electrons. The zero-order valence-corrected chi connectivity index (χ0v) is 13.8. The molecular weight excluding hydrogens is 284 g/mol. The second kappa shape index (κ2) is 6.22. The minimum Gasteiger partial charge on any atom is -0.326 e. The number of aryl methyl sites for hydroxylation is 2. The number of amides is 1. The van der Waals surface area contributed by atoms with Crippen LogP contribution in [-0.4, -0.2) is 16.6 Å². The van der Waals surface area contributed by atoms with Crippen LogP contribution in [0.2, 0.25) is 0 Å². The number of nitrogens with zero attached hydrogens (tertiary/aromatic N) is 2. The van der Waals surface area contributed by atoms with Crippen LogP contribution < -0.4 is 10.7 Å². The molecule has 0 fully saturated rings. The fourth-order valence-corrected chi connectivity index (χ4v) is 2.92. The number of carbonyl (C=O) groups excluding carboxylic acids is 1. The number of hydrogen-bond acceptors (Lipinski definition) is 5. The van der Waals surface area contributed by atoms with Crippen LogP contribution >= 0.6 is 11.3 Å². The molecule has 2 rings (SSSR count). The summed E-state index contributed by atoms with van der Waals surface area (Å²) in [6.07, 6.45) is 0.905. The van der Waals surface area contributed by atoms with Gasteiger partial charge in [-0.3, -0.25) is 10.2 Å². The lowest BCUT2D eigenvalue weighted by molar-refractivity contribution is -0.114. The third-order valence-electron chi connectivity index (χ3n) is 3.27. The Labute approximate surface area is 128 Å². The number of hydrazone groups is 1. The number of carbonyl (C=O) groups is 1. The summed E-state index contributed by atoms with van der Waals surface area (Å²) >= 11 is 1.55. The molecule has 21 heavy (non-hydrogen) atoms. The Morgan fingerprint density at radius 3 is 2.71 bits per heavy atom. The van der Waals surface area contributed by atoms with E-state index in [0.29, 0.717) is 0 Å². The Morgan fingerprint density at radius 1 is 1.38 bits per heavy atom. The summed E-state index contributed by atoms with van der Waals surface area (Å²) in [5.74, 6) is -0.0633. The highest BCUT2D eigenvalue weighted by Crippen LogP contribution is 2.35. The molecule has 0 atom stereocenters. The van der Waals surface area contributed by atoms with Crippen molar-refractivity contribution < 1.29 is 4.79 Å². The molecule has 1 heterocycles. The van der Waals surface area contributed by atoms with E-state index >= 15 is 0 Å². The van der Waals surface area contributed by atoms with Crippen molar-refractivity contribution in [1.82, 2.24) is 4.98 Å². The minimum absolute atomic E-state index is 0.0633. The van der Waals surface area contributed by atoms with E-state index in [1.807, 2.05) is 26.8 Å². The molecule has 0 saturated heterocycles. The maximum absolute atomic E-state index is 11.3. The fourth-order valence-electron chi connectivity index (χ4n) is 2.02. The molecule has 0 aliphatic rings. The van der Waals surface area contributed by atoms with E-state index in [-0.39, 0.29) is 5.91 Å². The minimum atomic E-state index is -0.0633. The number of aromatic nitrogens is 1. The molecule has 0 saturated carbocycles. The van der Waals surface area contributed by atoms with E-state index in [4.69, 9.17) is 0 Å². The average Bonchev–Trinajstić information content (AvgIpc) is 2.83. The molecule has 0 aliphatic carbocycles. The summed E-state index contributed by atoms with van der Waals surface area (Å²) in [5.41, 5.74) is 7.89. The molecule has 1 amide bonds. The standard InChI is InChI=1S/C15H20N4OS/c1-6-9(3)18-19-15-17-12-7-8(2)13(16-11(5)20)10(4)14(12)21-15/h7H,6H2,1-5H3,(H,16,20)(H,17,19)/b18-9+. The van der Waals surface area contributed by atoms with Gasteiger partial charge in [0, 0.05) is 18.3 Å². The summed E-state index contributed by atoms with van der Waals surface area (Å²) in [6.45, 7) is 9.54. The van der Waals surface area contributed by atoms with Gasteiger partial charge in [-0.2, -0.15) is 5.10 Å². The number of thiazole rings is 1. The van der Waals surface area contributed by atoms with Gasteiger partial charge in [-0.1, -0.05) is 18.3 Å². The van der Waals surface area contributed by atoms with Crippen LogP contribution in [0.15, 0.2) is 11.2 Å². The van der Waals surface area contributed by atoms with E-state index in [1.54, 1.807) is 11.3 Å². The second-order valence-corrected chi connectivity index (χ2v) is 6.05. The first-order valence-corrected chi connectivity index (χ1v) is 7.71. The predicted molar refractivity (Wildman–Crippen MR) is 90.4 cm³/mol. The number of rotatable bonds is 4. The largest absolute Gasteiger partial charge is 0.326 e. The van der Waals surface area contributed by atoms with Gasteiger partial charge in [-0.05, 0) is 44.4 Å². The van der Waals surface area contributed by atoms with Crippen LogP contribution in [0.5, 0.6) is 0 Å². The highest BCUT2D eigenvalue weighted by atomic mass is 32.1. The highest BCUT2D eigenvalue weighted by Gasteiger charge is 2.13. The van der Waals surface area contributed by atoms with Crippen LogP contribution in [0.1, 0.15) is 38.3 Å². The topological polar surface area (TPSA) is 66.4 Å². The van der Waals surface area contributed by atoms with Gasteiger partial charge in [0.2, 0.25) is 11.0 Å². The number of nitrogens with one attached hydrogen (secondary N) is 2. The van der Waals surface area contributed by atoms with E-state index in [0.717, 1.165) is 44.3 Å². The molecular formula is C15H20N4OS. The van der Waals surface area contributed by atoms with Crippen molar-refractivity contribution >= 4 is 44.0 Å². The first-order chi connectivity index (χ1) is 9.92. The zero-order chi connectivity index (χ0) is 15.6. The van der Waals surface area contributed by atoms with Crippen molar-refractivity contribution in [1.29, 1.82) is 0 Å². The second-order valence-electron chi connectivity index (χ2n) is 5.05. The Morgan fingerprint density at radius 2 is 2.10 bits per heavy atom. The smallest absolute Gasteiger partial charge is 0.221 e. The van der Waals surface area contributed by atoms with Crippen molar-refractivity contribution in [3.8, 4) is 0 Å². The Bertz CT molecular complexity index is 718. The summed E-state index contributed by atoms with van der Waals surface area (Å²) < 4.78 is 1.07. The quantitative estimate of drug-likeness (QED) is 0.661. The van der Waals surface area contributed by atoms with E-state index in [1.165, 1.54) is 6.92 Å². The van der Waals surface area contributed by atoms with Crippen LogP contribution in [0.3, 0.4) is 0 Å². The van der Waals surface area contributed by atoms with Gasteiger partial charge >= 0.3 is 0 Å². The van der Waals surface area contributed by atoms with Gasteiger partial charge in [0.1, 0.15) is 0 Å². The molecule has 6 heteroatoms. The number of hydrogen-bond donors (Lipinski definition) is 2. The predicted octanol–water partition coefficient (Wildman–Crippen LogP) is 4.07. The van der Waals surface area contributed by atoms with E-state index in [9.17, 15) is 4.79 Å². The van der Waals surface area contributed by atoms with Crippen LogP contribution in [0.4, 0.5) is 10.8 Å². The normalized spacial score (nSPS) is 11.8. The molecule has 0 unspecified atom stereocenters. The number of benzene rings is 1. The maximum Gasteiger partial charge on any atom is 0.221 e. The van der Waals surface area contributed by atoms with Gasteiger partial charge in [-0.25, -0.2) is 4.98 Å². The van der Waals surface area contributed by atoms with Crippen molar-refractivity contribution in [2.75, 3.05) is 10.7 Å². The van der Waals surface area contributed by atoms with Gasteiger partial charge in [0.05, 0.1) is 10.2 Å². The molecule has 1 aromatic heterocycles. The summed E-state index contributed by atoms with van der Waals surface area (Å²) in [5, 5.41) is 7.93. The highest BCUT2D eigenvalue weighted by molar-refractivity contribution is 7.22. The SMILES string of the molecule is CC/C(C)=N/Nc1nc2cc(C)c(NC(C)=O)c(C)c2s1. The third-order valence-corrected chi connectivity index (χ3v) is 4.37. The molecule has 0 bridgehead atoms. The van der Waals surface area contributed by atoms with Crippen molar-refractivity contribution in [3.05, 3.63) is 17.2 Å². The van der Waals surface area contributed by atoms with Crippen molar-refractivity contribution in [2.24, 2.45) is 5.10 Å². The molecule has 2 N–H and O–H groups in total. The summed E-state index contributed by atoms with van der Waals surface area (Å²) in [6, 6.07) is 1.99. The molecule has 5 nitrogen and oxygen atoms in total. The fraction of sp³-hybridized carbons (Fsp3) is 0.400. The van der Waals surface area contributed by atoms with E-state index < -0.39 is 0 Å². The van der Waals surface area contributed by atoms with Crippen LogP contribution in [-0.2, 0) is 4.79 Å². The average molecular weight is 304 g/mol. The lowest BCUT2D eigenvalue weighted by atomic mass is 10.1. The molecule has 0 radical (unpaired) electrons. The number of anilines is 2. The molecule has 0 aliphatic heterocycles. The van der Waals surface area contributed by atoms with Crippen LogP contribution in [0, 0.1) is 13.8 Å². The molecule has 0 spiro atoms. The molecule has 2 aromatic rings. The van der Waals surface area contributed by atoms with Gasteiger partial charge < -0.3 is 5.32 Å². The molecule has 1 aromatic carbocycles. The number of fused-ring (bicyclic) bond motifs is 1. The lowest BCUT2D eigenvalue weighted by Gasteiger charge is -2.10. The van der Waals surface area contributed by atoms with Gasteiger partial charge in [0.15, 0.2) is 0 Å². The zero-order valence-electron chi connectivity index (χ0n) is 13.0. The third kappa shape index (κ3) is 3.39. The Kier molecular flexibility index (Phi) is 4.57. The summed E-state index contributed by atoms with van der Waals surface area (Å²) in [7, 11) is 0. The summed E-state index contributed by atoms with van der Waals surface area (Å²) in [4.78, 5) is 15.9.